The molecule has 2 aromatic carbocycles. The van der Waals surface area contributed by atoms with Crippen molar-refractivity contribution in [3.8, 4) is 5.75 Å². The number of ether oxygens (including phenoxy) is 1. The molecule has 0 unspecified atom stereocenters. The van der Waals surface area contributed by atoms with Crippen molar-refractivity contribution in [2.45, 2.75) is 25.9 Å². The number of hydrogen-bond donors (Lipinski definition) is 1. The minimum Gasteiger partial charge on any atom is -0.478 e. The van der Waals surface area contributed by atoms with Gasteiger partial charge in [0.25, 0.3) is 5.91 Å². The number of carbonyl (C=O) groups excluding carboxylic acids is 1. The summed E-state index contributed by atoms with van der Waals surface area (Å²) < 4.78 is 5.53. The largest absolute Gasteiger partial charge is 0.478 e. The maximum atomic E-state index is 12.6. The molecule has 28 heavy (non-hydrogen) atoms. The quantitative estimate of drug-likeness (QED) is 0.803. The van der Waals surface area contributed by atoms with E-state index in [0.29, 0.717) is 29.4 Å². The first-order valence-electron chi connectivity index (χ1n) is 9.03. The molecule has 0 spiro atoms. The van der Waals surface area contributed by atoms with E-state index in [1.54, 1.807) is 41.3 Å². The van der Waals surface area contributed by atoms with E-state index in [0.717, 1.165) is 17.6 Å². The molecule has 0 aliphatic carbocycles. The summed E-state index contributed by atoms with van der Waals surface area (Å²) in [6.45, 7) is 4.21. The van der Waals surface area contributed by atoms with Gasteiger partial charge >= 0.3 is 5.97 Å². The summed E-state index contributed by atoms with van der Waals surface area (Å²) in [4.78, 5) is 25.6. The van der Waals surface area contributed by atoms with Gasteiger partial charge in [0.1, 0.15) is 5.75 Å². The van der Waals surface area contributed by atoms with Crippen molar-refractivity contribution in [3.05, 3.63) is 70.8 Å². The monoisotopic (exact) mass is 399 g/mol. The van der Waals surface area contributed by atoms with Crippen LogP contribution in [-0.4, -0.2) is 40.6 Å². The summed E-state index contributed by atoms with van der Waals surface area (Å²) in [7, 11) is 0. The number of hydrogen-bond acceptors (Lipinski definition) is 3. The highest BCUT2D eigenvalue weighted by molar-refractivity contribution is 6.30. The fraction of sp³-hybridized carbons (Fsp3) is 0.273. The molecule has 1 N–H and O–H groups in total. The van der Waals surface area contributed by atoms with E-state index in [-0.39, 0.29) is 5.91 Å². The highest BCUT2D eigenvalue weighted by Crippen LogP contribution is 2.26. The van der Waals surface area contributed by atoms with Gasteiger partial charge in [0.15, 0.2) is 5.60 Å². The van der Waals surface area contributed by atoms with Crippen LogP contribution in [0, 0.1) is 0 Å². The van der Waals surface area contributed by atoms with Crippen molar-refractivity contribution in [1.29, 1.82) is 0 Å². The van der Waals surface area contributed by atoms with Gasteiger partial charge in [0.05, 0.1) is 0 Å². The maximum Gasteiger partial charge on any atom is 0.347 e. The van der Waals surface area contributed by atoms with Gasteiger partial charge in [-0.1, -0.05) is 29.8 Å². The standard InChI is InChI=1S/C22H22ClNO4/c1-22(2,21(26)27)28-19-9-5-15(6-10-19)16-11-13-24(14-12-16)20(25)17-3-7-18(23)8-4-17/h3-11H,12-14H2,1-2H3,(H,26,27). The first-order chi connectivity index (χ1) is 13.3. The van der Waals surface area contributed by atoms with Crippen LogP contribution in [0.25, 0.3) is 5.57 Å². The first kappa shape index (κ1) is 20.0. The number of carbonyl (C=O) groups is 2. The summed E-state index contributed by atoms with van der Waals surface area (Å²) in [5, 5.41) is 9.76. The number of nitrogens with zero attached hydrogens (tertiary/aromatic N) is 1. The minimum absolute atomic E-state index is 0.00776. The molecule has 0 aromatic heterocycles. The van der Waals surface area contributed by atoms with E-state index in [4.69, 9.17) is 21.4 Å². The van der Waals surface area contributed by atoms with Crippen LogP contribution >= 0.6 is 11.6 Å². The third-order valence-corrected chi connectivity index (χ3v) is 4.95. The van der Waals surface area contributed by atoms with Crippen molar-refractivity contribution in [2.75, 3.05) is 13.1 Å². The van der Waals surface area contributed by atoms with Crippen molar-refractivity contribution < 1.29 is 19.4 Å². The number of carboxylic acid groups (broad SMARTS) is 1. The van der Waals surface area contributed by atoms with Gasteiger partial charge in [0, 0.05) is 23.7 Å². The molecule has 0 atom stereocenters. The lowest BCUT2D eigenvalue weighted by Crippen LogP contribution is -2.37. The van der Waals surface area contributed by atoms with E-state index in [9.17, 15) is 9.59 Å². The Morgan fingerprint density at radius 3 is 2.25 bits per heavy atom. The van der Waals surface area contributed by atoms with E-state index in [1.807, 2.05) is 18.2 Å². The lowest BCUT2D eigenvalue weighted by molar-refractivity contribution is -0.152. The summed E-state index contributed by atoms with van der Waals surface area (Å²) in [6.07, 6.45) is 2.80. The maximum absolute atomic E-state index is 12.6. The lowest BCUT2D eigenvalue weighted by Gasteiger charge is -2.27. The van der Waals surface area contributed by atoms with Gasteiger partial charge in [-0.25, -0.2) is 4.79 Å². The zero-order valence-electron chi connectivity index (χ0n) is 15.8. The molecule has 1 amide bonds. The summed E-state index contributed by atoms with van der Waals surface area (Å²) in [6, 6.07) is 14.3. The molecule has 0 bridgehead atoms. The van der Waals surface area contributed by atoms with Gasteiger partial charge in [-0.05, 0) is 67.8 Å². The summed E-state index contributed by atoms with van der Waals surface area (Å²) in [5.74, 6) is -0.518. The zero-order chi connectivity index (χ0) is 20.3. The first-order valence-corrected chi connectivity index (χ1v) is 9.41. The van der Waals surface area contributed by atoms with Crippen molar-refractivity contribution in [2.24, 2.45) is 0 Å². The van der Waals surface area contributed by atoms with Crippen molar-refractivity contribution in [3.63, 3.8) is 0 Å². The molecule has 0 saturated carbocycles. The number of benzene rings is 2. The SMILES string of the molecule is CC(C)(Oc1ccc(C2=CCN(C(=O)c3ccc(Cl)cc3)CC2)cc1)C(=O)O. The Kier molecular flexibility index (Phi) is 5.75. The minimum atomic E-state index is -1.28. The van der Waals surface area contributed by atoms with Crippen LogP contribution < -0.4 is 4.74 Å². The van der Waals surface area contributed by atoms with E-state index in [1.165, 1.54) is 13.8 Å². The van der Waals surface area contributed by atoms with Crippen LogP contribution in [0.4, 0.5) is 0 Å². The van der Waals surface area contributed by atoms with Crippen LogP contribution in [0.3, 0.4) is 0 Å². The molecule has 6 heteroatoms. The van der Waals surface area contributed by atoms with Crippen LogP contribution in [0.5, 0.6) is 5.75 Å². The molecule has 2 aromatic rings. The Hall–Kier alpha value is -2.79. The van der Waals surface area contributed by atoms with Crippen molar-refractivity contribution >= 4 is 29.1 Å². The van der Waals surface area contributed by atoms with Crippen LogP contribution in [0.15, 0.2) is 54.6 Å². The van der Waals surface area contributed by atoms with E-state index < -0.39 is 11.6 Å². The Morgan fingerprint density at radius 1 is 1.07 bits per heavy atom. The molecule has 3 rings (SSSR count). The Balaban J connectivity index is 1.65. The van der Waals surface area contributed by atoms with Gasteiger partial charge < -0.3 is 14.7 Å². The van der Waals surface area contributed by atoms with Crippen LogP contribution in [0.2, 0.25) is 5.02 Å². The molecular weight excluding hydrogens is 378 g/mol. The number of aliphatic carboxylic acids is 1. The molecular formula is C22H22ClNO4. The second kappa shape index (κ2) is 8.07. The van der Waals surface area contributed by atoms with E-state index >= 15 is 0 Å². The van der Waals surface area contributed by atoms with Gasteiger partial charge in [-0.2, -0.15) is 0 Å². The number of amides is 1. The highest BCUT2D eigenvalue weighted by Gasteiger charge is 2.29. The molecule has 5 nitrogen and oxygen atoms in total. The molecule has 0 saturated heterocycles. The van der Waals surface area contributed by atoms with Crippen LogP contribution in [-0.2, 0) is 4.79 Å². The Morgan fingerprint density at radius 2 is 1.71 bits per heavy atom. The number of rotatable bonds is 5. The fourth-order valence-electron chi connectivity index (χ4n) is 2.97. The number of halogens is 1. The second-order valence-corrected chi connectivity index (χ2v) is 7.62. The third kappa shape index (κ3) is 4.54. The second-order valence-electron chi connectivity index (χ2n) is 7.18. The highest BCUT2D eigenvalue weighted by atomic mass is 35.5. The number of carboxylic acids is 1. The molecule has 0 fully saturated rings. The molecule has 1 aliphatic rings. The lowest BCUT2D eigenvalue weighted by atomic mass is 9.99. The van der Waals surface area contributed by atoms with Gasteiger partial charge in [-0.15, -0.1) is 0 Å². The zero-order valence-corrected chi connectivity index (χ0v) is 16.6. The van der Waals surface area contributed by atoms with E-state index in [2.05, 4.69) is 0 Å². The Bertz CT molecular complexity index is 901. The average molecular weight is 400 g/mol. The third-order valence-electron chi connectivity index (χ3n) is 4.70. The normalized spacial score (nSPS) is 14.4. The summed E-state index contributed by atoms with van der Waals surface area (Å²) >= 11 is 5.88. The summed E-state index contributed by atoms with van der Waals surface area (Å²) in [5.41, 5.74) is 1.54. The van der Waals surface area contributed by atoms with Gasteiger partial charge in [0.2, 0.25) is 0 Å². The van der Waals surface area contributed by atoms with Crippen molar-refractivity contribution in [1.82, 2.24) is 4.90 Å². The predicted octanol–water partition coefficient (Wildman–Crippen LogP) is 4.51. The molecule has 1 heterocycles. The topological polar surface area (TPSA) is 66.8 Å². The molecule has 0 radical (unpaired) electrons. The molecule has 1 aliphatic heterocycles. The fourth-order valence-corrected chi connectivity index (χ4v) is 3.09. The smallest absolute Gasteiger partial charge is 0.347 e. The molecule has 146 valence electrons. The average Bonchev–Trinajstić information content (AvgIpc) is 2.68. The van der Waals surface area contributed by atoms with Crippen LogP contribution in [0.1, 0.15) is 36.2 Å². The Labute approximate surface area is 169 Å². The predicted molar refractivity (Wildman–Crippen MR) is 109 cm³/mol. The van der Waals surface area contributed by atoms with Gasteiger partial charge in [-0.3, -0.25) is 4.79 Å².